The Morgan fingerprint density at radius 1 is 1.21 bits per heavy atom. The van der Waals surface area contributed by atoms with Crippen LogP contribution in [0.3, 0.4) is 0 Å². The van der Waals surface area contributed by atoms with Gasteiger partial charge < -0.3 is 15.2 Å². The lowest BCUT2D eigenvalue weighted by Gasteiger charge is -2.12. The van der Waals surface area contributed by atoms with Crippen LogP contribution < -0.4 is 15.2 Å². The Bertz CT molecular complexity index is 556. The van der Waals surface area contributed by atoms with Gasteiger partial charge in [-0.05, 0) is 43.2 Å². The van der Waals surface area contributed by atoms with Gasteiger partial charge >= 0.3 is 0 Å². The number of benzene rings is 1. The molecule has 0 spiro atoms. The summed E-state index contributed by atoms with van der Waals surface area (Å²) in [5.41, 5.74) is 7.70. The topological polar surface area (TPSA) is 57.4 Å². The fourth-order valence-electron chi connectivity index (χ4n) is 1.70. The van der Waals surface area contributed by atoms with Crippen molar-refractivity contribution in [3.05, 3.63) is 47.7 Å². The molecule has 0 aliphatic rings. The molecule has 0 radical (unpaired) electrons. The maximum Gasteiger partial charge on any atom is 0.262 e. The van der Waals surface area contributed by atoms with Gasteiger partial charge in [0, 0.05) is 12.7 Å². The molecule has 1 aromatic carbocycles. The molecule has 1 heterocycles. The van der Waals surface area contributed by atoms with E-state index in [1.54, 1.807) is 6.20 Å². The zero-order valence-electron chi connectivity index (χ0n) is 11.2. The van der Waals surface area contributed by atoms with Crippen molar-refractivity contribution in [3.63, 3.8) is 0 Å². The fraction of sp³-hybridized carbons (Fsp3) is 0.267. The standard InChI is InChI=1S/C15H18N2O2/c1-3-18-13-5-4-8-17-15(13)19-14-9-12(10-16)7-6-11(14)2/h4-9H,3,10,16H2,1-2H3. The molecule has 0 aliphatic heterocycles. The highest BCUT2D eigenvalue weighted by atomic mass is 16.5. The summed E-state index contributed by atoms with van der Waals surface area (Å²) in [6.45, 7) is 4.97. The number of aryl methyl sites for hydroxylation is 1. The lowest BCUT2D eigenvalue weighted by Crippen LogP contribution is -2.00. The Morgan fingerprint density at radius 2 is 2.05 bits per heavy atom. The molecule has 2 rings (SSSR count). The Hall–Kier alpha value is -2.07. The third-order valence-electron chi connectivity index (χ3n) is 2.73. The molecule has 0 amide bonds. The second kappa shape index (κ2) is 6.20. The van der Waals surface area contributed by atoms with Crippen LogP contribution in [0.4, 0.5) is 0 Å². The summed E-state index contributed by atoms with van der Waals surface area (Å²) in [5, 5.41) is 0. The van der Waals surface area contributed by atoms with Gasteiger partial charge in [-0.3, -0.25) is 0 Å². The summed E-state index contributed by atoms with van der Waals surface area (Å²) >= 11 is 0. The Labute approximate surface area is 113 Å². The largest absolute Gasteiger partial charge is 0.488 e. The second-order valence-corrected chi connectivity index (χ2v) is 4.15. The molecule has 2 N–H and O–H groups in total. The van der Waals surface area contributed by atoms with Crippen molar-refractivity contribution in [2.45, 2.75) is 20.4 Å². The summed E-state index contributed by atoms with van der Waals surface area (Å²) in [5.74, 6) is 1.87. The van der Waals surface area contributed by atoms with Crippen LogP contribution in [-0.4, -0.2) is 11.6 Å². The number of ether oxygens (including phenoxy) is 2. The highest BCUT2D eigenvalue weighted by molar-refractivity contribution is 5.42. The molecule has 0 bridgehead atoms. The molecule has 0 atom stereocenters. The minimum absolute atomic E-state index is 0.474. The van der Waals surface area contributed by atoms with Crippen molar-refractivity contribution in [1.82, 2.24) is 4.98 Å². The number of pyridine rings is 1. The predicted molar refractivity (Wildman–Crippen MR) is 74.6 cm³/mol. The summed E-state index contributed by atoms with van der Waals surface area (Å²) < 4.78 is 11.3. The van der Waals surface area contributed by atoms with Crippen LogP contribution in [0.1, 0.15) is 18.1 Å². The molecule has 0 unspecified atom stereocenters. The smallest absolute Gasteiger partial charge is 0.262 e. The molecule has 0 aliphatic carbocycles. The highest BCUT2D eigenvalue weighted by Crippen LogP contribution is 2.31. The van der Waals surface area contributed by atoms with E-state index >= 15 is 0 Å². The Morgan fingerprint density at radius 3 is 2.79 bits per heavy atom. The normalized spacial score (nSPS) is 10.3. The zero-order valence-corrected chi connectivity index (χ0v) is 11.2. The maximum absolute atomic E-state index is 5.84. The van der Waals surface area contributed by atoms with Gasteiger partial charge in [0.1, 0.15) is 5.75 Å². The van der Waals surface area contributed by atoms with Gasteiger partial charge in [0.2, 0.25) is 0 Å². The zero-order chi connectivity index (χ0) is 13.7. The number of nitrogens with two attached hydrogens (primary N) is 1. The molecule has 0 saturated heterocycles. The SMILES string of the molecule is CCOc1cccnc1Oc1cc(CN)ccc1C. The van der Waals surface area contributed by atoms with Crippen molar-refractivity contribution in [1.29, 1.82) is 0 Å². The van der Waals surface area contributed by atoms with Crippen LogP contribution in [0.5, 0.6) is 17.4 Å². The van der Waals surface area contributed by atoms with Crippen LogP contribution in [0, 0.1) is 6.92 Å². The molecular weight excluding hydrogens is 240 g/mol. The molecule has 19 heavy (non-hydrogen) atoms. The van der Waals surface area contributed by atoms with Crippen LogP contribution >= 0.6 is 0 Å². The van der Waals surface area contributed by atoms with E-state index in [1.807, 2.05) is 44.2 Å². The van der Waals surface area contributed by atoms with Gasteiger partial charge in [0.25, 0.3) is 5.88 Å². The van der Waals surface area contributed by atoms with E-state index in [4.69, 9.17) is 15.2 Å². The molecular formula is C15H18N2O2. The Balaban J connectivity index is 2.30. The minimum Gasteiger partial charge on any atom is -0.488 e. The van der Waals surface area contributed by atoms with E-state index < -0.39 is 0 Å². The number of hydrogen-bond acceptors (Lipinski definition) is 4. The van der Waals surface area contributed by atoms with Gasteiger partial charge in [-0.1, -0.05) is 12.1 Å². The average molecular weight is 258 g/mol. The van der Waals surface area contributed by atoms with Gasteiger partial charge in [-0.25, -0.2) is 4.98 Å². The van der Waals surface area contributed by atoms with E-state index in [-0.39, 0.29) is 0 Å². The first-order valence-electron chi connectivity index (χ1n) is 6.30. The van der Waals surface area contributed by atoms with Crippen molar-refractivity contribution >= 4 is 0 Å². The van der Waals surface area contributed by atoms with Crippen LogP contribution in [-0.2, 0) is 6.54 Å². The Kier molecular flexibility index (Phi) is 4.36. The third kappa shape index (κ3) is 3.23. The lowest BCUT2D eigenvalue weighted by atomic mass is 10.1. The molecule has 0 saturated carbocycles. The fourth-order valence-corrected chi connectivity index (χ4v) is 1.70. The van der Waals surface area contributed by atoms with Crippen LogP contribution in [0.15, 0.2) is 36.5 Å². The van der Waals surface area contributed by atoms with Gasteiger partial charge in [0.15, 0.2) is 5.75 Å². The van der Waals surface area contributed by atoms with E-state index in [0.29, 0.717) is 24.8 Å². The quantitative estimate of drug-likeness (QED) is 0.895. The van der Waals surface area contributed by atoms with Gasteiger partial charge in [-0.15, -0.1) is 0 Å². The van der Waals surface area contributed by atoms with Gasteiger partial charge in [-0.2, -0.15) is 0 Å². The van der Waals surface area contributed by atoms with E-state index in [1.165, 1.54) is 0 Å². The van der Waals surface area contributed by atoms with Crippen LogP contribution in [0.25, 0.3) is 0 Å². The molecule has 4 heteroatoms. The first-order chi connectivity index (χ1) is 9.24. The maximum atomic E-state index is 5.84. The third-order valence-corrected chi connectivity index (χ3v) is 2.73. The summed E-state index contributed by atoms with van der Waals surface area (Å²) in [4.78, 5) is 4.21. The monoisotopic (exact) mass is 258 g/mol. The van der Waals surface area contributed by atoms with Crippen molar-refractivity contribution < 1.29 is 9.47 Å². The lowest BCUT2D eigenvalue weighted by molar-refractivity contribution is 0.316. The number of hydrogen-bond donors (Lipinski definition) is 1. The average Bonchev–Trinajstić information content (AvgIpc) is 2.43. The number of nitrogens with zero attached hydrogens (tertiary/aromatic N) is 1. The van der Waals surface area contributed by atoms with Crippen LogP contribution in [0.2, 0.25) is 0 Å². The van der Waals surface area contributed by atoms with E-state index in [0.717, 1.165) is 16.9 Å². The molecule has 2 aromatic rings. The molecule has 4 nitrogen and oxygen atoms in total. The highest BCUT2D eigenvalue weighted by Gasteiger charge is 2.09. The predicted octanol–water partition coefficient (Wildman–Crippen LogP) is 3.04. The van der Waals surface area contributed by atoms with Crippen molar-refractivity contribution in [2.75, 3.05) is 6.61 Å². The van der Waals surface area contributed by atoms with Gasteiger partial charge in [0.05, 0.1) is 6.61 Å². The first-order valence-corrected chi connectivity index (χ1v) is 6.30. The molecule has 0 fully saturated rings. The van der Waals surface area contributed by atoms with E-state index in [9.17, 15) is 0 Å². The number of aromatic nitrogens is 1. The van der Waals surface area contributed by atoms with E-state index in [2.05, 4.69) is 4.98 Å². The minimum atomic E-state index is 0.474. The van der Waals surface area contributed by atoms with Crippen molar-refractivity contribution in [3.8, 4) is 17.4 Å². The molecule has 1 aromatic heterocycles. The summed E-state index contributed by atoms with van der Waals surface area (Å²) in [7, 11) is 0. The number of rotatable bonds is 5. The summed E-state index contributed by atoms with van der Waals surface area (Å²) in [6, 6.07) is 9.57. The summed E-state index contributed by atoms with van der Waals surface area (Å²) in [6.07, 6.45) is 1.68. The second-order valence-electron chi connectivity index (χ2n) is 4.15. The first kappa shape index (κ1) is 13.4. The van der Waals surface area contributed by atoms with Crippen molar-refractivity contribution in [2.24, 2.45) is 5.73 Å². The molecule has 100 valence electrons.